The lowest BCUT2D eigenvalue weighted by molar-refractivity contribution is -0.142. The van der Waals surface area contributed by atoms with Gasteiger partial charge in [0.25, 0.3) is 0 Å². The number of nitrogens with two attached hydrogens (primary N) is 1. The number of hydrogen-bond acceptors (Lipinski definition) is 4. The molecule has 0 heterocycles. The van der Waals surface area contributed by atoms with Crippen molar-refractivity contribution in [2.75, 3.05) is 12.9 Å². The lowest BCUT2D eigenvalue weighted by Gasteiger charge is -2.22. The molecular formula is C8H17NO4S. The molecule has 0 spiro atoms. The van der Waals surface area contributed by atoms with Gasteiger partial charge in [0, 0.05) is 0 Å². The number of carbonyl (C=O) groups is 1. The number of sulfonamides is 1. The molecule has 0 radical (unpaired) electrons. The predicted molar refractivity (Wildman–Crippen MR) is 53.0 cm³/mol. The lowest BCUT2D eigenvalue weighted by atomic mass is 9.86. The fraction of sp³-hybridized carbons (Fsp3) is 0.875. The van der Waals surface area contributed by atoms with Crippen molar-refractivity contribution in [3.05, 3.63) is 0 Å². The van der Waals surface area contributed by atoms with Crippen molar-refractivity contribution in [2.45, 2.75) is 26.7 Å². The maximum absolute atomic E-state index is 10.9. The van der Waals surface area contributed by atoms with Gasteiger partial charge in [0.1, 0.15) is 0 Å². The van der Waals surface area contributed by atoms with Crippen LogP contribution in [-0.2, 0) is 19.6 Å². The van der Waals surface area contributed by atoms with Crippen molar-refractivity contribution in [3.8, 4) is 0 Å². The largest absolute Gasteiger partial charge is 0.469 e. The van der Waals surface area contributed by atoms with E-state index >= 15 is 0 Å². The molecule has 0 aliphatic rings. The standard InChI is InChI=1S/C8H17NO4S/c1-8(2,6-7(10)13-3)4-5-14(9,11)12/h4-6H2,1-3H3,(H2,9,11,12). The quantitative estimate of drug-likeness (QED) is 0.677. The smallest absolute Gasteiger partial charge is 0.306 e. The Kier molecular flexibility index (Phi) is 4.54. The molecule has 2 N–H and O–H groups in total. The second-order valence-electron chi connectivity index (χ2n) is 4.03. The van der Waals surface area contributed by atoms with Crippen LogP contribution in [0.3, 0.4) is 0 Å². The minimum absolute atomic E-state index is 0.114. The predicted octanol–water partition coefficient (Wildman–Crippen LogP) is 0.254. The van der Waals surface area contributed by atoms with Gasteiger partial charge in [-0.25, -0.2) is 13.6 Å². The summed E-state index contributed by atoms with van der Waals surface area (Å²) >= 11 is 0. The van der Waals surface area contributed by atoms with E-state index < -0.39 is 15.4 Å². The highest BCUT2D eigenvalue weighted by atomic mass is 32.2. The Hall–Kier alpha value is -0.620. The molecule has 0 aromatic rings. The number of primary sulfonamides is 1. The molecule has 0 unspecified atom stereocenters. The fourth-order valence-electron chi connectivity index (χ4n) is 0.970. The molecule has 0 saturated heterocycles. The van der Waals surface area contributed by atoms with Crippen LogP contribution in [0.15, 0.2) is 0 Å². The summed E-state index contributed by atoms with van der Waals surface area (Å²) in [6.45, 7) is 3.60. The summed E-state index contributed by atoms with van der Waals surface area (Å²) in [7, 11) is -2.15. The van der Waals surface area contributed by atoms with E-state index in [4.69, 9.17) is 5.14 Å². The summed E-state index contributed by atoms with van der Waals surface area (Å²) < 4.78 is 25.9. The molecule has 5 nitrogen and oxygen atoms in total. The highest BCUT2D eigenvalue weighted by Gasteiger charge is 2.24. The van der Waals surface area contributed by atoms with Gasteiger partial charge >= 0.3 is 5.97 Å². The summed E-state index contributed by atoms with van der Waals surface area (Å²) in [4.78, 5) is 10.9. The van der Waals surface area contributed by atoms with Crippen LogP contribution in [-0.4, -0.2) is 27.2 Å². The van der Waals surface area contributed by atoms with Crippen LogP contribution in [0.4, 0.5) is 0 Å². The fourth-order valence-corrected chi connectivity index (χ4v) is 1.81. The van der Waals surface area contributed by atoms with Crippen LogP contribution in [0.5, 0.6) is 0 Å². The van der Waals surface area contributed by atoms with E-state index in [0.717, 1.165) is 0 Å². The van der Waals surface area contributed by atoms with E-state index in [1.54, 1.807) is 13.8 Å². The van der Waals surface area contributed by atoms with E-state index in [0.29, 0.717) is 6.42 Å². The van der Waals surface area contributed by atoms with Crippen LogP contribution in [0, 0.1) is 5.41 Å². The molecule has 84 valence electrons. The van der Waals surface area contributed by atoms with Gasteiger partial charge in [0.2, 0.25) is 10.0 Å². The molecule has 0 saturated carbocycles. The Morgan fingerprint density at radius 2 is 1.93 bits per heavy atom. The molecule has 6 heteroatoms. The number of ether oxygens (including phenoxy) is 1. The van der Waals surface area contributed by atoms with Crippen molar-refractivity contribution in [1.29, 1.82) is 0 Å². The van der Waals surface area contributed by atoms with Gasteiger partial charge in [-0.3, -0.25) is 4.79 Å². The van der Waals surface area contributed by atoms with Crippen molar-refractivity contribution >= 4 is 16.0 Å². The Morgan fingerprint density at radius 1 is 1.43 bits per heavy atom. The summed E-state index contributed by atoms with van der Waals surface area (Å²) in [6.07, 6.45) is 0.542. The highest BCUT2D eigenvalue weighted by molar-refractivity contribution is 7.89. The SMILES string of the molecule is COC(=O)CC(C)(C)CCS(N)(=O)=O. The Bertz CT molecular complexity index is 294. The summed E-state index contributed by atoms with van der Waals surface area (Å²) in [5, 5.41) is 4.86. The second kappa shape index (κ2) is 4.75. The second-order valence-corrected chi connectivity index (χ2v) is 5.77. The minimum Gasteiger partial charge on any atom is -0.469 e. The Labute approximate surface area is 84.7 Å². The third-order valence-corrected chi connectivity index (χ3v) is 2.69. The Balaban J connectivity index is 4.14. The van der Waals surface area contributed by atoms with Crippen LogP contribution in [0.1, 0.15) is 26.7 Å². The molecule has 0 aliphatic carbocycles. The van der Waals surface area contributed by atoms with E-state index in [1.807, 2.05) is 0 Å². The van der Waals surface area contributed by atoms with Gasteiger partial charge in [-0.1, -0.05) is 13.8 Å². The third-order valence-electron chi connectivity index (χ3n) is 1.91. The molecule has 0 rings (SSSR count). The number of esters is 1. The zero-order valence-corrected chi connectivity index (χ0v) is 9.56. The van der Waals surface area contributed by atoms with Gasteiger partial charge in [0.15, 0.2) is 0 Å². The van der Waals surface area contributed by atoms with E-state index in [9.17, 15) is 13.2 Å². The van der Waals surface area contributed by atoms with Gasteiger partial charge in [0.05, 0.1) is 19.3 Å². The number of carbonyl (C=O) groups excluding carboxylic acids is 1. The monoisotopic (exact) mass is 223 g/mol. The van der Waals surface area contributed by atoms with Gasteiger partial charge < -0.3 is 4.74 Å². The van der Waals surface area contributed by atoms with Crippen molar-refractivity contribution in [1.82, 2.24) is 0 Å². The molecule has 0 bridgehead atoms. The highest BCUT2D eigenvalue weighted by Crippen LogP contribution is 2.25. The summed E-state index contributed by atoms with van der Waals surface area (Å²) in [5.41, 5.74) is -0.403. The average Bonchev–Trinajstić information content (AvgIpc) is 1.99. The molecule has 0 aromatic heterocycles. The van der Waals surface area contributed by atoms with Gasteiger partial charge in [-0.15, -0.1) is 0 Å². The van der Waals surface area contributed by atoms with Crippen LogP contribution in [0.2, 0.25) is 0 Å². The molecule has 0 aliphatic heterocycles. The zero-order valence-electron chi connectivity index (χ0n) is 8.74. The molecular weight excluding hydrogens is 206 g/mol. The topological polar surface area (TPSA) is 86.5 Å². The van der Waals surface area contributed by atoms with E-state index in [2.05, 4.69) is 4.74 Å². The number of methoxy groups -OCH3 is 1. The molecule has 0 fully saturated rings. The Morgan fingerprint density at radius 3 is 2.29 bits per heavy atom. The molecule has 0 atom stereocenters. The molecule has 14 heavy (non-hydrogen) atoms. The summed E-state index contributed by atoms with van der Waals surface area (Å²) in [6, 6.07) is 0. The first-order valence-electron chi connectivity index (χ1n) is 4.23. The van der Waals surface area contributed by atoms with E-state index in [-0.39, 0.29) is 18.1 Å². The van der Waals surface area contributed by atoms with Crippen LogP contribution >= 0.6 is 0 Å². The van der Waals surface area contributed by atoms with Crippen LogP contribution in [0.25, 0.3) is 0 Å². The van der Waals surface area contributed by atoms with Crippen molar-refractivity contribution < 1.29 is 17.9 Å². The van der Waals surface area contributed by atoms with Gasteiger partial charge in [-0.05, 0) is 11.8 Å². The molecule has 0 amide bonds. The zero-order chi connectivity index (χ0) is 11.4. The van der Waals surface area contributed by atoms with E-state index in [1.165, 1.54) is 7.11 Å². The number of hydrogen-bond donors (Lipinski definition) is 1. The maximum Gasteiger partial charge on any atom is 0.306 e. The van der Waals surface area contributed by atoms with Crippen molar-refractivity contribution in [2.24, 2.45) is 10.6 Å². The first-order valence-corrected chi connectivity index (χ1v) is 5.95. The lowest BCUT2D eigenvalue weighted by Crippen LogP contribution is -2.25. The number of rotatable bonds is 5. The third kappa shape index (κ3) is 6.85. The maximum atomic E-state index is 10.9. The average molecular weight is 223 g/mol. The molecule has 0 aromatic carbocycles. The first-order chi connectivity index (χ1) is 6.16. The summed E-state index contributed by atoms with van der Waals surface area (Å²) in [5.74, 6) is -0.457. The van der Waals surface area contributed by atoms with Crippen LogP contribution < -0.4 is 5.14 Å². The minimum atomic E-state index is -3.45. The normalized spacial score (nSPS) is 12.6. The first kappa shape index (κ1) is 13.4. The van der Waals surface area contributed by atoms with Gasteiger partial charge in [-0.2, -0.15) is 0 Å². The van der Waals surface area contributed by atoms with Crippen molar-refractivity contribution in [3.63, 3.8) is 0 Å².